The third kappa shape index (κ3) is 2.26. The van der Waals surface area contributed by atoms with Crippen molar-refractivity contribution >= 4 is 23.0 Å². The Morgan fingerprint density at radius 2 is 2.33 bits per heavy atom. The molecule has 0 rings (SSSR count). The largest absolute Gasteiger partial charge is 0.428 e. The van der Waals surface area contributed by atoms with Crippen molar-refractivity contribution in [3.63, 3.8) is 0 Å². The van der Waals surface area contributed by atoms with Crippen molar-refractivity contribution in [1.82, 2.24) is 0 Å². The summed E-state index contributed by atoms with van der Waals surface area (Å²) in [7, 11) is 0. The Balaban J connectivity index is 3.23. The summed E-state index contributed by atoms with van der Waals surface area (Å²) in [6, 6.07) is 0. The minimum Gasteiger partial charge on any atom is -0.428 e. The Hall–Kier alpha value is 0.0100. The molecule has 0 bridgehead atoms. The number of hydrogen-bond donors (Lipinski definition) is 0. The maximum Gasteiger partial charge on any atom is 0.192 e. The van der Waals surface area contributed by atoms with Crippen LogP contribution in [0.15, 0.2) is 25.0 Å². The lowest BCUT2D eigenvalue weighted by molar-refractivity contribution is 0.592. The molecule has 0 spiro atoms. The maximum atomic E-state index is 4.56. The van der Waals surface area contributed by atoms with E-state index in [0.29, 0.717) is 5.76 Å². The van der Waals surface area contributed by atoms with Crippen LogP contribution < -0.4 is 0 Å². The van der Waals surface area contributed by atoms with Gasteiger partial charge < -0.3 is 3.07 Å². The first-order valence-corrected chi connectivity index (χ1v) is 2.29. The maximum absolute atomic E-state index is 4.56. The Morgan fingerprint density at radius 3 is 2.33 bits per heavy atom. The first kappa shape index (κ1) is 6.01. The van der Waals surface area contributed by atoms with E-state index in [2.05, 4.69) is 16.2 Å². The summed E-state index contributed by atoms with van der Waals surface area (Å²) in [5.41, 5.74) is 0. The summed E-state index contributed by atoms with van der Waals surface area (Å²) in [5.74, 6) is 0.593. The summed E-state index contributed by atoms with van der Waals surface area (Å²) in [4.78, 5) is 0. The van der Waals surface area contributed by atoms with Crippen molar-refractivity contribution in [2.45, 2.75) is 0 Å². The summed E-state index contributed by atoms with van der Waals surface area (Å²) in [6.45, 7) is 6.85. The van der Waals surface area contributed by atoms with E-state index in [1.54, 1.807) is 29.1 Å². The number of hydrogen-bond acceptors (Lipinski definition) is 1. The molecule has 0 aliphatic rings. The number of allylic oxidation sites excluding steroid dienone is 1. The van der Waals surface area contributed by atoms with Gasteiger partial charge in [0.05, 0.1) is 0 Å². The van der Waals surface area contributed by atoms with Crippen LogP contribution in [-0.4, -0.2) is 0 Å². The molecule has 0 aromatic heterocycles. The van der Waals surface area contributed by atoms with Crippen molar-refractivity contribution in [1.29, 1.82) is 0 Å². The molecule has 0 aromatic carbocycles. The zero-order valence-electron chi connectivity index (χ0n) is 3.28. The second-order valence-corrected chi connectivity index (χ2v) is 1.19. The molecule has 0 fully saturated rings. The number of rotatable bonds is 2. The van der Waals surface area contributed by atoms with Gasteiger partial charge in [-0.05, 0) is 6.08 Å². The van der Waals surface area contributed by atoms with Crippen LogP contribution in [0.25, 0.3) is 0 Å². The van der Waals surface area contributed by atoms with Gasteiger partial charge in [0, 0.05) is 0 Å². The first-order chi connectivity index (χ1) is 2.81. The summed E-state index contributed by atoms with van der Waals surface area (Å²) >= 11 is 1.74. The third-order valence-electron chi connectivity index (χ3n) is 0.327. The fourth-order valence-electron chi connectivity index (χ4n) is 0.0315. The SMILES string of the molecule is C=CC(=C)OI. The molecule has 6 heavy (non-hydrogen) atoms. The van der Waals surface area contributed by atoms with Crippen LogP contribution >= 0.6 is 23.0 Å². The van der Waals surface area contributed by atoms with Crippen LogP contribution in [0.2, 0.25) is 0 Å². The van der Waals surface area contributed by atoms with E-state index in [4.69, 9.17) is 0 Å². The molecular weight excluding hydrogens is 191 g/mol. The van der Waals surface area contributed by atoms with E-state index >= 15 is 0 Å². The Morgan fingerprint density at radius 1 is 1.83 bits per heavy atom. The fourth-order valence-corrected chi connectivity index (χ4v) is 0.211. The van der Waals surface area contributed by atoms with E-state index < -0.39 is 0 Å². The van der Waals surface area contributed by atoms with Gasteiger partial charge in [-0.3, -0.25) is 0 Å². The molecule has 0 aromatic rings. The zero-order valence-corrected chi connectivity index (χ0v) is 5.44. The molecule has 0 aliphatic carbocycles. The van der Waals surface area contributed by atoms with Crippen molar-refractivity contribution < 1.29 is 3.07 Å². The van der Waals surface area contributed by atoms with Gasteiger partial charge in [-0.2, -0.15) is 0 Å². The molecule has 0 saturated heterocycles. The van der Waals surface area contributed by atoms with E-state index in [-0.39, 0.29) is 0 Å². The van der Waals surface area contributed by atoms with Gasteiger partial charge in [0.15, 0.2) is 23.0 Å². The van der Waals surface area contributed by atoms with E-state index in [1.165, 1.54) is 0 Å². The quantitative estimate of drug-likeness (QED) is 0.373. The van der Waals surface area contributed by atoms with Crippen LogP contribution in [0, 0.1) is 0 Å². The second kappa shape index (κ2) is 3.21. The lowest BCUT2D eigenvalue weighted by Gasteiger charge is -1.86. The van der Waals surface area contributed by atoms with Gasteiger partial charge in [0.25, 0.3) is 0 Å². The van der Waals surface area contributed by atoms with Crippen molar-refractivity contribution in [3.8, 4) is 0 Å². The van der Waals surface area contributed by atoms with Crippen LogP contribution in [0.1, 0.15) is 0 Å². The molecule has 0 saturated carbocycles. The van der Waals surface area contributed by atoms with E-state index in [0.717, 1.165) is 0 Å². The molecule has 0 N–H and O–H groups in total. The van der Waals surface area contributed by atoms with Gasteiger partial charge in [0.2, 0.25) is 0 Å². The van der Waals surface area contributed by atoms with E-state index in [9.17, 15) is 0 Å². The lowest BCUT2D eigenvalue weighted by atomic mass is 10.6. The summed E-state index contributed by atoms with van der Waals surface area (Å²) in [5, 5.41) is 0. The van der Waals surface area contributed by atoms with Crippen molar-refractivity contribution in [2.75, 3.05) is 0 Å². The molecule has 2 heteroatoms. The van der Waals surface area contributed by atoms with Crippen molar-refractivity contribution in [3.05, 3.63) is 25.0 Å². The smallest absolute Gasteiger partial charge is 0.192 e. The summed E-state index contributed by atoms with van der Waals surface area (Å²) < 4.78 is 4.56. The lowest BCUT2D eigenvalue weighted by Crippen LogP contribution is -1.64. The predicted molar refractivity (Wildman–Crippen MR) is 34.4 cm³/mol. The Kier molecular flexibility index (Phi) is 3.21. The highest BCUT2D eigenvalue weighted by molar-refractivity contribution is 14.1. The molecule has 0 radical (unpaired) electrons. The third-order valence-corrected chi connectivity index (χ3v) is 0.892. The van der Waals surface area contributed by atoms with Gasteiger partial charge in [-0.25, -0.2) is 0 Å². The minimum atomic E-state index is 0.593. The average Bonchev–Trinajstić information content (AvgIpc) is 1.65. The zero-order chi connectivity index (χ0) is 4.99. The van der Waals surface area contributed by atoms with Gasteiger partial charge >= 0.3 is 0 Å². The van der Waals surface area contributed by atoms with E-state index in [1.807, 2.05) is 0 Å². The van der Waals surface area contributed by atoms with Crippen LogP contribution in [-0.2, 0) is 3.07 Å². The van der Waals surface area contributed by atoms with Gasteiger partial charge in [-0.15, -0.1) is 0 Å². The molecule has 1 nitrogen and oxygen atoms in total. The highest BCUT2D eigenvalue weighted by Gasteiger charge is 1.74. The van der Waals surface area contributed by atoms with Crippen LogP contribution in [0.4, 0.5) is 0 Å². The Labute approximate surface area is 51.4 Å². The molecule has 0 aliphatic heterocycles. The molecule has 0 amide bonds. The van der Waals surface area contributed by atoms with Crippen LogP contribution in [0.5, 0.6) is 0 Å². The highest BCUT2D eigenvalue weighted by Crippen LogP contribution is 1.97. The predicted octanol–water partition coefficient (Wildman–Crippen LogP) is 2.05. The highest BCUT2D eigenvalue weighted by atomic mass is 127. The normalized spacial score (nSPS) is 6.83. The van der Waals surface area contributed by atoms with Crippen molar-refractivity contribution in [2.24, 2.45) is 0 Å². The second-order valence-electron chi connectivity index (χ2n) is 0.748. The molecular formula is C4H5IO. The molecule has 0 heterocycles. The minimum absolute atomic E-state index is 0.593. The molecule has 0 atom stereocenters. The first-order valence-electron chi connectivity index (χ1n) is 1.41. The fraction of sp³-hybridized carbons (Fsp3) is 0. The summed E-state index contributed by atoms with van der Waals surface area (Å²) in [6.07, 6.45) is 1.55. The standard InChI is InChI=1S/C4H5IO/c1-3-4(2)6-5/h3H,1-2H2. The topological polar surface area (TPSA) is 9.23 Å². The van der Waals surface area contributed by atoms with Crippen LogP contribution in [0.3, 0.4) is 0 Å². The molecule has 34 valence electrons. The van der Waals surface area contributed by atoms with Gasteiger partial charge in [-0.1, -0.05) is 13.2 Å². The average molecular weight is 196 g/mol. The molecule has 0 unspecified atom stereocenters. The Bertz CT molecular complexity index is 67.9. The number of halogens is 1. The monoisotopic (exact) mass is 196 g/mol. The van der Waals surface area contributed by atoms with Gasteiger partial charge in [0.1, 0.15) is 5.76 Å².